The number of rotatable bonds is 2. The SMILES string of the molecule is O=C(c1csc(Br)c1)N1CCC(CBr)CC1. The zero-order valence-electron chi connectivity index (χ0n) is 8.79. The first-order valence-corrected chi connectivity index (χ1v) is 8.09. The number of carbonyl (C=O) groups excluding carboxylic acids is 1. The Hall–Kier alpha value is 0.130. The van der Waals surface area contributed by atoms with Gasteiger partial charge in [-0.25, -0.2) is 0 Å². The summed E-state index contributed by atoms with van der Waals surface area (Å²) in [6.45, 7) is 1.78. The highest BCUT2D eigenvalue weighted by molar-refractivity contribution is 9.11. The second-order valence-corrected chi connectivity index (χ2v) is 6.97. The van der Waals surface area contributed by atoms with Crippen LogP contribution in [0.25, 0.3) is 0 Å². The van der Waals surface area contributed by atoms with Gasteiger partial charge in [-0.05, 0) is 40.8 Å². The number of hydrogen-bond acceptors (Lipinski definition) is 2. The van der Waals surface area contributed by atoms with E-state index in [0.29, 0.717) is 0 Å². The number of carbonyl (C=O) groups is 1. The molecule has 0 N–H and O–H groups in total. The summed E-state index contributed by atoms with van der Waals surface area (Å²) in [6, 6.07) is 1.91. The van der Waals surface area contributed by atoms with E-state index in [2.05, 4.69) is 31.9 Å². The maximum atomic E-state index is 12.1. The van der Waals surface area contributed by atoms with Gasteiger partial charge in [0.25, 0.3) is 5.91 Å². The Balaban J connectivity index is 1.96. The Labute approximate surface area is 116 Å². The predicted octanol–water partition coefficient (Wildman–Crippen LogP) is 3.76. The Morgan fingerprint density at radius 2 is 2.19 bits per heavy atom. The van der Waals surface area contributed by atoms with E-state index in [-0.39, 0.29) is 5.91 Å². The van der Waals surface area contributed by atoms with Crippen LogP contribution in [0.15, 0.2) is 15.2 Å². The molecule has 1 fully saturated rings. The highest BCUT2D eigenvalue weighted by Gasteiger charge is 2.23. The summed E-state index contributed by atoms with van der Waals surface area (Å²) in [6.07, 6.45) is 2.23. The molecule has 0 radical (unpaired) electrons. The Kier molecular flexibility index (Phi) is 4.44. The molecule has 88 valence electrons. The van der Waals surface area contributed by atoms with Gasteiger partial charge < -0.3 is 4.90 Å². The highest BCUT2D eigenvalue weighted by Crippen LogP contribution is 2.24. The van der Waals surface area contributed by atoms with Crippen LogP contribution in [0.3, 0.4) is 0 Å². The molecule has 1 aromatic heterocycles. The van der Waals surface area contributed by atoms with Crippen LogP contribution in [-0.2, 0) is 0 Å². The van der Waals surface area contributed by atoms with Crippen LogP contribution in [-0.4, -0.2) is 29.2 Å². The number of thiophene rings is 1. The first-order chi connectivity index (χ1) is 7.70. The standard InChI is InChI=1S/C11H13Br2NOS/c12-6-8-1-3-14(4-2-8)11(15)9-5-10(13)16-7-9/h5,7-8H,1-4,6H2. The minimum Gasteiger partial charge on any atom is -0.339 e. The van der Waals surface area contributed by atoms with Crippen molar-refractivity contribution in [2.24, 2.45) is 5.92 Å². The second-order valence-electron chi connectivity index (χ2n) is 4.03. The maximum Gasteiger partial charge on any atom is 0.254 e. The monoisotopic (exact) mass is 365 g/mol. The average molecular weight is 367 g/mol. The summed E-state index contributed by atoms with van der Waals surface area (Å²) >= 11 is 8.46. The molecule has 1 aromatic rings. The number of piperidine rings is 1. The first kappa shape index (κ1) is 12.6. The van der Waals surface area contributed by atoms with Gasteiger partial charge >= 0.3 is 0 Å². The number of likely N-dealkylation sites (tertiary alicyclic amines) is 1. The average Bonchev–Trinajstić information content (AvgIpc) is 2.75. The van der Waals surface area contributed by atoms with E-state index in [1.807, 2.05) is 16.3 Å². The molecule has 5 heteroatoms. The molecule has 1 amide bonds. The molecular weight excluding hydrogens is 354 g/mol. The third-order valence-corrected chi connectivity index (χ3v) is 5.35. The molecule has 1 aliphatic rings. The van der Waals surface area contributed by atoms with Crippen LogP contribution >= 0.6 is 43.2 Å². The normalized spacial score (nSPS) is 17.8. The zero-order valence-corrected chi connectivity index (χ0v) is 12.8. The molecule has 2 nitrogen and oxygen atoms in total. The van der Waals surface area contributed by atoms with E-state index in [1.54, 1.807) is 11.3 Å². The molecule has 0 atom stereocenters. The summed E-state index contributed by atoms with van der Waals surface area (Å²) in [7, 11) is 0. The lowest BCUT2D eigenvalue weighted by molar-refractivity contribution is 0.0699. The molecule has 0 spiro atoms. The predicted molar refractivity (Wildman–Crippen MR) is 74.4 cm³/mol. The minimum atomic E-state index is 0.176. The molecule has 0 aliphatic carbocycles. The third kappa shape index (κ3) is 2.87. The molecule has 2 heterocycles. The molecular formula is C11H13Br2NOS. The minimum absolute atomic E-state index is 0.176. The third-order valence-electron chi connectivity index (χ3n) is 2.93. The molecule has 1 saturated heterocycles. The molecule has 0 unspecified atom stereocenters. The lowest BCUT2D eigenvalue weighted by atomic mass is 9.99. The van der Waals surface area contributed by atoms with Crippen molar-refractivity contribution >= 4 is 49.1 Å². The van der Waals surface area contributed by atoms with Crippen molar-refractivity contribution in [3.63, 3.8) is 0 Å². The number of halogens is 2. The van der Waals surface area contributed by atoms with Crippen LogP contribution in [0.2, 0.25) is 0 Å². The van der Waals surface area contributed by atoms with E-state index in [1.165, 1.54) is 0 Å². The number of amides is 1. The fraction of sp³-hybridized carbons (Fsp3) is 0.545. The quantitative estimate of drug-likeness (QED) is 0.730. The van der Waals surface area contributed by atoms with Gasteiger partial charge in [-0.15, -0.1) is 11.3 Å². The smallest absolute Gasteiger partial charge is 0.254 e. The van der Waals surface area contributed by atoms with Gasteiger partial charge in [0.2, 0.25) is 0 Å². The van der Waals surface area contributed by atoms with Crippen molar-refractivity contribution in [2.45, 2.75) is 12.8 Å². The van der Waals surface area contributed by atoms with Gasteiger partial charge in [-0.3, -0.25) is 4.79 Å². The molecule has 1 aliphatic heterocycles. The fourth-order valence-electron chi connectivity index (χ4n) is 1.90. The highest BCUT2D eigenvalue weighted by atomic mass is 79.9. The van der Waals surface area contributed by atoms with Crippen molar-refractivity contribution in [2.75, 3.05) is 18.4 Å². The molecule has 16 heavy (non-hydrogen) atoms. The Bertz CT molecular complexity index is 372. The first-order valence-electron chi connectivity index (χ1n) is 5.30. The number of alkyl halides is 1. The van der Waals surface area contributed by atoms with Crippen LogP contribution in [0.1, 0.15) is 23.2 Å². The molecule has 0 saturated carbocycles. The lowest BCUT2D eigenvalue weighted by Gasteiger charge is -2.31. The van der Waals surface area contributed by atoms with Crippen molar-refractivity contribution in [3.8, 4) is 0 Å². The van der Waals surface area contributed by atoms with E-state index in [4.69, 9.17) is 0 Å². The second kappa shape index (κ2) is 5.65. The van der Waals surface area contributed by atoms with Gasteiger partial charge in [0.1, 0.15) is 0 Å². The molecule has 0 aromatic carbocycles. The topological polar surface area (TPSA) is 20.3 Å². The van der Waals surface area contributed by atoms with E-state index < -0.39 is 0 Å². The van der Waals surface area contributed by atoms with Crippen molar-refractivity contribution in [1.29, 1.82) is 0 Å². The van der Waals surface area contributed by atoms with Gasteiger partial charge in [0.05, 0.1) is 9.35 Å². The summed E-state index contributed by atoms with van der Waals surface area (Å²) in [4.78, 5) is 14.1. The summed E-state index contributed by atoms with van der Waals surface area (Å²) < 4.78 is 1.02. The van der Waals surface area contributed by atoms with Crippen molar-refractivity contribution < 1.29 is 4.79 Å². The zero-order chi connectivity index (χ0) is 11.5. The molecule has 2 rings (SSSR count). The van der Waals surface area contributed by atoms with Gasteiger partial charge in [-0.1, -0.05) is 15.9 Å². The van der Waals surface area contributed by atoms with Gasteiger partial charge in [-0.2, -0.15) is 0 Å². The van der Waals surface area contributed by atoms with Crippen molar-refractivity contribution in [1.82, 2.24) is 4.90 Å². The van der Waals surface area contributed by atoms with Gasteiger partial charge in [0.15, 0.2) is 0 Å². The van der Waals surface area contributed by atoms with Crippen LogP contribution in [0.5, 0.6) is 0 Å². The van der Waals surface area contributed by atoms with Crippen LogP contribution in [0, 0.1) is 5.92 Å². The summed E-state index contributed by atoms with van der Waals surface area (Å²) in [5.74, 6) is 0.910. The fourth-order valence-corrected chi connectivity index (χ4v) is 3.67. The summed E-state index contributed by atoms with van der Waals surface area (Å²) in [5, 5.41) is 2.97. The Morgan fingerprint density at radius 3 is 2.69 bits per heavy atom. The van der Waals surface area contributed by atoms with Gasteiger partial charge in [0, 0.05) is 23.8 Å². The van der Waals surface area contributed by atoms with Crippen LogP contribution < -0.4 is 0 Å². The largest absolute Gasteiger partial charge is 0.339 e. The lowest BCUT2D eigenvalue weighted by Crippen LogP contribution is -2.38. The number of nitrogens with zero attached hydrogens (tertiary/aromatic N) is 1. The molecule has 0 bridgehead atoms. The van der Waals surface area contributed by atoms with E-state index >= 15 is 0 Å². The van der Waals surface area contributed by atoms with Crippen molar-refractivity contribution in [3.05, 3.63) is 20.8 Å². The summed E-state index contributed by atoms with van der Waals surface area (Å²) in [5.41, 5.74) is 0.814. The van der Waals surface area contributed by atoms with Crippen LogP contribution in [0.4, 0.5) is 0 Å². The van der Waals surface area contributed by atoms with E-state index in [0.717, 1.165) is 46.5 Å². The van der Waals surface area contributed by atoms with E-state index in [9.17, 15) is 4.79 Å². The Morgan fingerprint density at radius 1 is 1.50 bits per heavy atom. The maximum absolute atomic E-state index is 12.1. The number of hydrogen-bond donors (Lipinski definition) is 0.